The molecule has 1 heterocycles. The monoisotopic (exact) mass is 296 g/mol. The standard InChI is InChI=1S/C19H20O3/c20-19(21)13-15-12-16(11-10-14-6-2-1-3-7-14)22-18-9-5-4-8-17(15)18/h1-9,15-16H,10-13H2,(H,20,21). The Hall–Kier alpha value is -2.29. The molecule has 0 saturated heterocycles. The van der Waals surface area contributed by atoms with Gasteiger partial charge in [0.05, 0.1) is 12.5 Å². The van der Waals surface area contributed by atoms with E-state index in [4.69, 9.17) is 9.84 Å². The number of ether oxygens (including phenoxy) is 1. The number of hydrogen-bond donors (Lipinski definition) is 1. The molecule has 0 amide bonds. The zero-order valence-electron chi connectivity index (χ0n) is 12.4. The first-order valence-corrected chi connectivity index (χ1v) is 7.73. The number of para-hydroxylation sites is 1. The molecule has 1 N–H and O–H groups in total. The lowest BCUT2D eigenvalue weighted by molar-refractivity contribution is -0.137. The van der Waals surface area contributed by atoms with Crippen molar-refractivity contribution in [2.24, 2.45) is 0 Å². The predicted octanol–water partition coefficient (Wildman–Crippen LogP) is 4.03. The Morgan fingerprint density at radius 3 is 2.59 bits per heavy atom. The van der Waals surface area contributed by atoms with Gasteiger partial charge in [-0.2, -0.15) is 0 Å². The van der Waals surface area contributed by atoms with Crippen molar-refractivity contribution in [3.05, 3.63) is 65.7 Å². The third-order valence-electron chi connectivity index (χ3n) is 4.22. The number of fused-ring (bicyclic) bond motifs is 1. The van der Waals surface area contributed by atoms with E-state index in [1.807, 2.05) is 42.5 Å². The second-order valence-corrected chi connectivity index (χ2v) is 5.83. The van der Waals surface area contributed by atoms with Crippen LogP contribution in [0.5, 0.6) is 5.75 Å². The molecular weight excluding hydrogens is 276 g/mol. The number of aliphatic carboxylic acids is 1. The molecular formula is C19H20O3. The van der Waals surface area contributed by atoms with Crippen LogP contribution in [0.1, 0.15) is 36.3 Å². The first kappa shape index (κ1) is 14.6. The normalized spacial score (nSPS) is 20.0. The summed E-state index contributed by atoms with van der Waals surface area (Å²) in [4.78, 5) is 11.1. The summed E-state index contributed by atoms with van der Waals surface area (Å²) in [6.07, 6.45) is 2.89. The Balaban J connectivity index is 1.71. The van der Waals surface area contributed by atoms with E-state index in [0.29, 0.717) is 0 Å². The lowest BCUT2D eigenvalue weighted by Gasteiger charge is -2.31. The van der Waals surface area contributed by atoms with Crippen molar-refractivity contribution >= 4 is 5.97 Å². The Kier molecular flexibility index (Phi) is 4.42. The molecule has 0 aliphatic carbocycles. The molecule has 3 heteroatoms. The van der Waals surface area contributed by atoms with Crippen molar-refractivity contribution in [3.8, 4) is 5.75 Å². The largest absolute Gasteiger partial charge is 0.490 e. The smallest absolute Gasteiger partial charge is 0.303 e. The van der Waals surface area contributed by atoms with Crippen LogP contribution in [-0.4, -0.2) is 17.2 Å². The van der Waals surface area contributed by atoms with Gasteiger partial charge in [0.2, 0.25) is 0 Å². The van der Waals surface area contributed by atoms with E-state index in [9.17, 15) is 4.79 Å². The zero-order chi connectivity index (χ0) is 15.4. The van der Waals surface area contributed by atoms with Gasteiger partial charge in [0.1, 0.15) is 5.75 Å². The van der Waals surface area contributed by atoms with Gasteiger partial charge in [0, 0.05) is 5.92 Å². The molecule has 0 aromatic heterocycles. The van der Waals surface area contributed by atoms with Gasteiger partial charge in [-0.15, -0.1) is 0 Å². The SMILES string of the molecule is O=C(O)CC1CC(CCc2ccccc2)Oc2ccccc21. The Labute approximate surface area is 130 Å². The summed E-state index contributed by atoms with van der Waals surface area (Å²) in [7, 11) is 0. The van der Waals surface area contributed by atoms with Crippen LogP contribution in [0.15, 0.2) is 54.6 Å². The van der Waals surface area contributed by atoms with Gasteiger partial charge in [-0.1, -0.05) is 48.5 Å². The van der Waals surface area contributed by atoms with Gasteiger partial charge in [-0.25, -0.2) is 0 Å². The van der Waals surface area contributed by atoms with Crippen molar-refractivity contribution in [2.45, 2.75) is 37.7 Å². The molecule has 22 heavy (non-hydrogen) atoms. The fourth-order valence-corrected chi connectivity index (χ4v) is 3.15. The fraction of sp³-hybridized carbons (Fsp3) is 0.316. The lowest BCUT2D eigenvalue weighted by Crippen LogP contribution is -2.27. The zero-order valence-corrected chi connectivity index (χ0v) is 12.4. The third-order valence-corrected chi connectivity index (χ3v) is 4.22. The highest BCUT2D eigenvalue weighted by molar-refractivity contribution is 5.68. The second-order valence-electron chi connectivity index (χ2n) is 5.83. The van der Waals surface area contributed by atoms with E-state index in [1.54, 1.807) is 0 Å². The number of carboxylic acids is 1. The first-order valence-electron chi connectivity index (χ1n) is 7.73. The minimum atomic E-state index is -0.747. The quantitative estimate of drug-likeness (QED) is 0.906. The lowest BCUT2D eigenvalue weighted by atomic mass is 9.86. The van der Waals surface area contributed by atoms with Crippen molar-refractivity contribution < 1.29 is 14.6 Å². The second kappa shape index (κ2) is 6.65. The first-order chi connectivity index (χ1) is 10.7. The molecule has 1 aliphatic rings. The van der Waals surface area contributed by atoms with E-state index in [-0.39, 0.29) is 18.4 Å². The number of aryl methyl sites for hydroxylation is 1. The summed E-state index contributed by atoms with van der Waals surface area (Å²) < 4.78 is 6.07. The Morgan fingerprint density at radius 2 is 1.82 bits per heavy atom. The molecule has 1 aliphatic heterocycles. The summed E-state index contributed by atoms with van der Waals surface area (Å²) in [5.74, 6) is 0.143. The van der Waals surface area contributed by atoms with Gasteiger partial charge in [-0.05, 0) is 36.5 Å². The van der Waals surface area contributed by atoms with Crippen molar-refractivity contribution in [3.63, 3.8) is 0 Å². The molecule has 2 atom stereocenters. The van der Waals surface area contributed by atoms with Crippen molar-refractivity contribution in [2.75, 3.05) is 0 Å². The van der Waals surface area contributed by atoms with Crippen molar-refractivity contribution in [1.29, 1.82) is 0 Å². The number of carbonyl (C=O) groups is 1. The van der Waals surface area contributed by atoms with Crippen LogP contribution in [-0.2, 0) is 11.2 Å². The summed E-state index contributed by atoms with van der Waals surface area (Å²) in [5.41, 5.74) is 2.32. The molecule has 2 aromatic carbocycles. The maximum Gasteiger partial charge on any atom is 0.303 e. The summed E-state index contributed by atoms with van der Waals surface area (Å²) in [6, 6.07) is 18.1. The molecule has 0 spiro atoms. The summed E-state index contributed by atoms with van der Waals surface area (Å²) >= 11 is 0. The highest BCUT2D eigenvalue weighted by Crippen LogP contribution is 2.39. The van der Waals surface area contributed by atoms with Crippen LogP contribution in [0.3, 0.4) is 0 Å². The molecule has 0 bridgehead atoms. The summed E-state index contributed by atoms with van der Waals surface area (Å²) in [6.45, 7) is 0. The molecule has 3 nitrogen and oxygen atoms in total. The molecule has 0 saturated carbocycles. The highest BCUT2D eigenvalue weighted by atomic mass is 16.5. The number of benzene rings is 2. The molecule has 0 radical (unpaired) electrons. The van der Waals surface area contributed by atoms with Crippen LogP contribution < -0.4 is 4.74 Å². The molecule has 2 aromatic rings. The third kappa shape index (κ3) is 3.48. The maximum atomic E-state index is 11.1. The molecule has 2 unspecified atom stereocenters. The van der Waals surface area contributed by atoms with Gasteiger partial charge in [0.15, 0.2) is 0 Å². The van der Waals surface area contributed by atoms with E-state index in [2.05, 4.69) is 12.1 Å². The Bertz CT molecular complexity index is 636. The van der Waals surface area contributed by atoms with Crippen LogP contribution >= 0.6 is 0 Å². The van der Waals surface area contributed by atoms with E-state index >= 15 is 0 Å². The topological polar surface area (TPSA) is 46.5 Å². The molecule has 0 fully saturated rings. The van der Waals surface area contributed by atoms with Crippen LogP contribution in [0.4, 0.5) is 0 Å². The van der Waals surface area contributed by atoms with Gasteiger partial charge in [-0.3, -0.25) is 4.79 Å². The molecule has 114 valence electrons. The Morgan fingerprint density at radius 1 is 1.09 bits per heavy atom. The average molecular weight is 296 g/mol. The minimum absolute atomic E-state index is 0.0447. The van der Waals surface area contributed by atoms with Gasteiger partial charge < -0.3 is 9.84 Å². The maximum absolute atomic E-state index is 11.1. The van der Waals surface area contributed by atoms with Crippen LogP contribution in [0.2, 0.25) is 0 Å². The van der Waals surface area contributed by atoms with E-state index < -0.39 is 5.97 Å². The fourth-order valence-electron chi connectivity index (χ4n) is 3.15. The van der Waals surface area contributed by atoms with Gasteiger partial charge in [0.25, 0.3) is 0 Å². The highest BCUT2D eigenvalue weighted by Gasteiger charge is 2.29. The summed E-state index contributed by atoms with van der Waals surface area (Å²) in [5, 5.41) is 9.14. The number of carboxylic acid groups (broad SMARTS) is 1. The van der Waals surface area contributed by atoms with Crippen LogP contribution in [0.25, 0.3) is 0 Å². The molecule has 3 rings (SSSR count). The number of rotatable bonds is 5. The van der Waals surface area contributed by atoms with E-state index in [1.165, 1.54) is 5.56 Å². The van der Waals surface area contributed by atoms with Crippen molar-refractivity contribution in [1.82, 2.24) is 0 Å². The predicted molar refractivity (Wildman–Crippen MR) is 85.2 cm³/mol. The minimum Gasteiger partial charge on any atom is -0.490 e. The van der Waals surface area contributed by atoms with E-state index in [0.717, 1.165) is 30.6 Å². The number of hydrogen-bond acceptors (Lipinski definition) is 2. The van der Waals surface area contributed by atoms with Gasteiger partial charge >= 0.3 is 5.97 Å². The average Bonchev–Trinajstić information content (AvgIpc) is 2.53. The van der Waals surface area contributed by atoms with Crippen LogP contribution in [0, 0.1) is 0 Å².